The molecule has 294 valence electrons. The zero-order valence-electron chi connectivity index (χ0n) is 35.0. The van der Waals surface area contributed by atoms with Gasteiger partial charge in [0.25, 0.3) is 0 Å². The topological polar surface area (TPSA) is 25.8 Å². The van der Waals surface area contributed by atoms with E-state index in [0.717, 1.165) is 22.2 Å². The van der Waals surface area contributed by atoms with Crippen molar-refractivity contribution < 1.29 is 0 Å². The van der Waals surface area contributed by atoms with Gasteiger partial charge in [-0.25, -0.2) is 0 Å². The third kappa shape index (κ3) is 5.00. The summed E-state index contributed by atoms with van der Waals surface area (Å²) in [5.41, 5.74) is 21.3. The quantitative estimate of drug-likeness (QED) is 0.173. The number of hydrogen-bond acceptors (Lipinski definition) is 5. The van der Waals surface area contributed by atoms with Crippen LogP contribution in [0.25, 0.3) is 53.1 Å². The van der Waals surface area contributed by atoms with E-state index >= 15 is 0 Å². The second kappa shape index (κ2) is 13.3. The first kappa shape index (κ1) is 36.8. The van der Waals surface area contributed by atoms with Crippen molar-refractivity contribution in [1.82, 2.24) is 8.75 Å². The normalized spacial score (nSPS) is 14.3. The molecule has 0 radical (unpaired) electrons. The Hall–Kier alpha value is -5.98. The Morgan fingerprint density at radius 1 is 0.377 bits per heavy atom. The standard InChI is InChI=1S/C56H42N2S3/c1-31-7-16-37(17-8-31)55(38-18-9-32(2)10-19-38)44-28-26-43-50-45(27-25-42(49(44)50)53-46(55)29-36(6)59-53)56(39-20-11-33(3)12-21-39,40-22-13-34(4)14-23-40)47-30-48(60-54(43)47)41-24-15-35(5)51-52(41)58-61-57-51/h7-30H,1-6H3. The van der Waals surface area contributed by atoms with Gasteiger partial charge >= 0.3 is 0 Å². The predicted molar refractivity (Wildman–Crippen MR) is 259 cm³/mol. The maximum Gasteiger partial charge on any atom is 0.113 e. The summed E-state index contributed by atoms with van der Waals surface area (Å²) in [5.74, 6) is 0. The summed E-state index contributed by atoms with van der Waals surface area (Å²) in [4.78, 5) is 5.22. The number of benzene rings is 7. The molecule has 7 aromatic carbocycles. The molecule has 0 amide bonds. The maximum absolute atomic E-state index is 4.90. The Morgan fingerprint density at radius 3 is 1.26 bits per heavy atom. The van der Waals surface area contributed by atoms with Crippen molar-refractivity contribution in [2.75, 3.05) is 0 Å². The Balaban J connectivity index is 1.28. The van der Waals surface area contributed by atoms with Crippen LogP contribution in [-0.4, -0.2) is 8.75 Å². The molecule has 0 atom stereocenters. The number of fused-ring (bicyclic) bond motifs is 5. The molecule has 0 unspecified atom stereocenters. The number of aromatic nitrogens is 2. The van der Waals surface area contributed by atoms with Crippen LogP contribution in [0.2, 0.25) is 0 Å². The Labute approximate surface area is 369 Å². The Morgan fingerprint density at radius 2 is 0.787 bits per heavy atom. The molecule has 5 heteroatoms. The molecule has 0 bridgehead atoms. The molecule has 2 nitrogen and oxygen atoms in total. The average Bonchev–Trinajstić information content (AvgIpc) is 4.04. The Kier molecular flexibility index (Phi) is 8.01. The number of thiophene rings is 2. The van der Waals surface area contributed by atoms with Crippen molar-refractivity contribution in [1.29, 1.82) is 0 Å². The molecule has 3 heterocycles. The van der Waals surface area contributed by atoms with E-state index in [4.69, 9.17) is 8.75 Å². The SMILES string of the molecule is Cc1ccc(C2(c3ccc(C)cc3)c3cc(C)sc3-c3ccc4c5c(ccc2c35)-c2sc(-c3ccc(C)c5nsnc35)cc2C4(c2ccc(C)cc2)c2ccc(C)cc2)cc1. The van der Waals surface area contributed by atoms with Crippen LogP contribution in [-0.2, 0) is 10.8 Å². The lowest BCUT2D eigenvalue weighted by atomic mass is 9.57. The zero-order chi connectivity index (χ0) is 41.4. The summed E-state index contributed by atoms with van der Waals surface area (Å²) < 4.78 is 9.66. The average molecular weight is 839 g/mol. The van der Waals surface area contributed by atoms with E-state index in [1.54, 1.807) is 0 Å². The molecule has 3 aromatic heterocycles. The summed E-state index contributed by atoms with van der Waals surface area (Å²) in [6, 6.07) is 56.8. The number of aryl methyl sites for hydroxylation is 6. The minimum atomic E-state index is -0.609. The zero-order valence-corrected chi connectivity index (χ0v) is 37.4. The monoisotopic (exact) mass is 838 g/mol. The molecular formula is C56H42N2S3. The first-order valence-electron chi connectivity index (χ1n) is 21.1. The lowest BCUT2D eigenvalue weighted by Crippen LogP contribution is -2.35. The molecule has 0 aliphatic heterocycles. The lowest BCUT2D eigenvalue weighted by Gasteiger charge is -2.44. The number of rotatable bonds is 5. The van der Waals surface area contributed by atoms with E-state index in [-0.39, 0.29) is 0 Å². The van der Waals surface area contributed by atoms with E-state index < -0.39 is 10.8 Å². The highest BCUT2D eigenvalue weighted by molar-refractivity contribution is 7.19. The minimum Gasteiger partial charge on any atom is -0.173 e. The first-order valence-corrected chi connectivity index (χ1v) is 23.4. The van der Waals surface area contributed by atoms with Crippen molar-refractivity contribution in [2.45, 2.75) is 52.4 Å². The third-order valence-electron chi connectivity index (χ3n) is 13.7. The van der Waals surface area contributed by atoms with Crippen molar-refractivity contribution in [3.8, 4) is 31.3 Å². The molecule has 2 aliphatic rings. The van der Waals surface area contributed by atoms with Gasteiger partial charge in [0.2, 0.25) is 0 Å². The van der Waals surface area contributed by atoms with Crippen LogP contribution >= 0.6 is 34.4 Å². The van der Waals surface area contributed by atoms with Crippen molar-refractivity contribution in [3.63, 3.8) is 0 Å². The van der Waals surface area contributed by atoms with Crippen LogP contribution in [0.5, 0.6) is 0 Å². The highest BCUT2D eigenvalue weighted by atomic mass is 32.1. The highest BCUT2D eigenvalue weighted by Gasteiger charge is 2.50. The summed E-state index contributed by atoms with van der Waals surface area (Å²) >= 11 is 5.15. The van der Waals surface area contributed by atoms with Gasteiger partial charge in [0.05, 0.1) is 22.6 Å². The fourth-order valence-corrected chi connectivity index (χ4v) is 13.8. The van der Waals surface area contributed by atoms with Crippen LogP contribution < -0.4 is 0 Å². The second-order valence-electron chi connectivity index (χ2n) is 17.4. The van der Waals surface area contributed by atoms with Gasteiger partial charge in [-0.1, -0.05) is 156 Å². The predicted octanol–water partition coefficient (Wildman–Crippen LogP) is 15.2. The van der Waals surface area contributed by atoms with Crippen molar-refractivity contribution in [3.05, 3.63) is 223 Å². The van der Waals surface area contributed by atoms with Gasteiger partial charge in [-0.05, 0) is 115 Å². The Bertz CT molecular complexity index is 3310. The molecule has 0 saturated heterocycles. The summed E-state index contributed by atoms with van der Waals surface area (Å²) in [6.45, 7) is 13.2. The minimum absolute atomic E-state index is 0.534. The maximum atomic E-state index is 4.90. The fraction of sp³-hybridized carbons (Fsp3) is 0.143. The van der Waals surface area contributed by atoms with E-state index in [0.29, 0.717) is 0 Å². The van der Waals surface area contributed by atoms with E-state index in [9.17, 15) is 0 Å². The molecule has 0 fully saturated rings. The van der Waals surface area contributed by atoms with Crippen LogP contribution in [0.3, 0.4) is 0 Å². The summed E-state index contributed by atoms with van der Waals surface area (Å²) in [7, 11) is 0. The molecule has 61 heavy (non-hydrogen) atoms. The van der Waals surface area contributed by atoms with E-state index in [2.05, 4.69) is 187 Å². The molecular weight excluding hydrogens is 797 g/mol. The van der Waals surface area contributed by atoms with Crippen LogP contribution in [0.1, 0.15) is 77.2 Å². The van der Waals surface area contributed by atoms with Gasteiger partial charge in [-0.3, -0.25) is 0 Å². The summed E-state index contributed by atoms with van der Waals surface area (Å²) in [5, 5.41) is 2.71. The molecule has 10 aromatic rings. The molecule has 12 rings (SSSR count). The van der Waals surface area contributed by atoms with Gasteiger partial charge in [-0.15, -0.1) is 22.7 Å². The van der Waals surface area contributed by atoms with Crippen molar-refractivity contribution in [2.24, 2.45) is 0 Å². The van der Waals surface area contributed by atoms with Gasteiger partial charge in [0, 0.05) is 36.2 Å². The molecule has 0 spiro atoms. The van der Waals surface area contributed by atoms with Gasteiger partial charge < -0.3 is 0 Å². The second-order valence-corrected chi connectivity index (χ2v) is 20.2. The van der Waals surface area contributed by atoms with Crippen molar-refractivity contribution >= 4 is 56.2 Å². The van der Waals surface area contributed by atoms with Gasteiger partial charge in [0.15, 0.2) is 0 Å². The lowest BCUT2D eigenvalue weighted by molar-refractivity contribution is 0.743. The fourth-order valence-electron chi connectivity index (χ4n) is 10.8. The van der Waals surface area contributed by atoms with E-state index in [1.807, 2.05) is 22.7 Å². The third-order valence-corrected chi connectivity index (χ3v) is 16.5. The molecule has 0 saturated carbocycles. The van der Waals surface area contributed by atoms with Crippen LogP contribution in [0.4, 0.5) is 0 Å². The number of hydrogen-bond donors (Lipinski definition) is 0. The van der Waals surface area contributed by atoms with E-state index in [1.165, 1.54) is 120 Å². The number of nitrogens with zero attached hydrogens (tertiary/aromatic N) is 2. The largest absolute Gasteiger partial charge is 0.173 e. The smallest absolute Gasteiger partial charge is 0.113 e. The highest BCUT2D eigenvalue weighted by Crippen LogP contribution is 2.64. The molecule has 0 N–H and O–H groups in total. The van der Waals surface area contributed by atoms with Gasteiger partial charge in [0.1, 0.15) is 11.0 Å². The summed E-state index contributed by atoms with van der Waals surface area (Å²) in [6.07, 6.45) is 0. The van der Waals surface area contributed by atoms with Gasteiger partial charge in [-0.2, -0.15) is 8.75 Å². The molecule has 2 aliphatic carbocycles. The first-order chi connectivity index (χ1) is 29.7. The van der Waals surface area contributed by atoms with Crippen LogP contribution in [0, 0.1) is 41.5 Å². The van der Waals surface area contributed by atoms with Crippen LogP contribution in [0.15, 0.2) is 146 Å².